The van der Waals surface area contributed by atoms with Crippen LogP contribution in [0.1, 0.15) is 38.3 Å². The molecule has 1 aliphatic rings. The van der Waals surface area contributed by atoms with Crippen LogP contribution in [0.15, 0.2) is 30.3 Å². The van der Waals surface area contributed by atoms with Crippen LogP contribution in [0.5, 0.6) is 0 Å². The van der Waals surface area contributed by atoms with E-state index in [1.165, 1.54) is 0 Å². The second-order valence-corrected chi connectivity index (χ2v) is 6.47. The summed E-state index contributed by atoms with van der Waals surface area (Å²) in [6.07, 6.45) is 0.982. The van der Waals surface area contributed by atoms with Gasteiger partial charge in [-0.05, 0) is 18.9 Å². The first-order valence-electron chi connectivity index (χ1n) is 8.51. The van der Waals surface area contributed by atoms with Gasteiger partial charge in [0.15, 0.2) is 0 Å². The quantitative estimate of drug-likeness (QED) is 0.831. The highest BCUT2D eigenvalue weighted by molar-refractivity contribution is 5.77. The summed E-state index contributed by atoms with van der Waals surface area (Å²) in [5.74, 6) is 0.122. The van der Waals surface area contributed by atoms with Crippen molar-refractivity contribution < 1.29 is 9.90 Å². The van der Waals surface area contributed by atoms with Crippen molar-refractivity contribution in [3.63, 3.8) is 0 Å². The van der Waals surface area contributed by atoms with Gasteiger partial charge in [0.2, 0.25) is 5.91 Å². The fourth-order valence-corrected chi connectivity index (χ4v) is 3.22. The second-order valence-electron chi connectivity index (χ2n) is 6.47. The van der Waals surface area contributed by atoms with Gasteiger partial charge in [-0.3, -0.25) is 9.69 Å². The van der Waals surface area contributed by atoms with Crippen molar-refractivity contribution in [3.8, 4) is 0 Å². The number of aliphatic hydroxyl groups is 1. The molecule has 128 valence electrons. The summed E-state index contributed by atoms with van der Waals surface area (Å²) < 4.78 is 0. The maximum Gasteiger partial charge on any atom is 0.224 e. The van der Waals surface area contributed by atoms with Crippen molar-refractivity contribution >= 4 is 5.91 Å². The third kappa shape index (κ3) is 5.03. The molecule has 1 aromatic carbocycles. The third-order valence-corrected chi connectivity index (χ3v) is 4.55. The van der Waals surface area contributed by atoms with Gasteiger partial charge >= 0.3 is 0 Å². The molecule has 1 aliphatic heterocycles. The number of nitrogens with two attached hydrogens (primary N) is 1. The van der Waals surface area contributed by atoms with E-state index in [1.54, 1.807) is 0 Å². The van der Waals surface area contributed by atoms with E-state index in [-0.39, 0.29) is 18.1 Å². The molecule has 5 heteroatoms. The Morgan fingerprint density at radius 1 is 1.35 bits per heavy atom. The summed E-state index contributed by atoms with van der Waals surface area (Å²) in [4.78, 5) is 16.8. The molecular weight excluding hydrogens is 290 g/mol. The second kappa shape index (κ2) is 8.43. The highest BCUT2D eigenvalue weighted by Gasteiger charge is 2.29. The molecule has 5 nitrogen and oxygen atoms in total. The summed E-state index contributed by atoms with van der Waals surface area (Å²) in [6, 6.07) is 9.84. The first-order chi connectivity index (χ1) is 11.0. The topological polar surface area (TPSA) is 69.8 Å². The third-order valence-electron chi connectivity index (χ3n) is 4.55. The number of β-amino-alcohol motifs (C(OH)–C–C–N with tert-alkyl or cyclic N) is 1. The smallest absolute Gasteiger partial charge is 0.224 e. The van der Waals surface area contributed by atoms with Gasteiger partial charge in [0.05, 0.1) is 6.10 Å². The molecule has 1 heterocycles. The van der Waals surface area contributed by atoms with Crippen LogP contribution < -0.4 is 5.73 Å². The Balaban J connectivity index is 1.91. The molecule has 23 heavy (non-hydrogen) atoms. The monoisotopic (exact) mass is 319 g/mol. The van der Waals surface area contributed by atoms with Crippen LogP contribution in [0.4, 0.5) is 0 Å². The lowest BCUT2D eigenvalue weighted by Crippen LogP contribution is -2.56. The summed E-state index contributed by atoms with van der Waals surface area (Å²) in [5.41, 5.74) is 7.17. The molecule has 0 spiro atoms. The fourth-order valence-electron chi connectivity index (χ4n) is 3.22. The van der Waals surface area contributed by atoms with Crippen LogP contribution in [0, 0.1) is 0 Å². The lowest BCUT2D eigenvalue weighted by Gasteiger charge is -2.42. The van der Waals surface area contributed by atoms with Crippen LogP contribution in [0.25, 0.3) is 0 Å². The van der Waals surface area contributed by atoms with Crippen LogP contribution >= 0.6 is 0 Å². The summed E-state index contributed by atoms with van der Waals surface area (Å²) in [7, 11) is 0. The van der Waals surface area contributed by atoms with Crippen LogP contribution in [-0.4, -0.2) is 59.1 Å². The van der Waals surface area contributed by atoms with E-state index in [2.05, 4.69) is 11.8 Å². The Kier molecular flexibility index (Phi) is 6.57. The van der Waals surface area contributed by atoms with E-state index >= 15 is 0 Å². The number of hydrogen-bond acceptors (Lipinski definition) is 4. The zero-order valence-corrected chi connectivity index (χ0v) is 14.2. The number of piperazine rings is 1. The largest absolute Gasteiger partial charge is 0.392 e. The van der Waals surface area contributed by atoms with Gasteiger partial charge in [-0.15, -0.1) is 0 Å². The molecule has 0 radical (unpaired) electrons. The molecule has 1 aromatic rings. The lowest BCUT2D eigenvalue weighted by atomic mass is 10.0. The highest BCUT2D eigenvalue weighted by atomic mass is 16.3. The van der Waals surface area contributed by atoms with Crippen LogP contribution in [0.2, 0.25) is 0 Å². The van der Waals surface area contributed by atoms with Crippen LogP contribution in [-0.2, 0) is 4.79 Å². The Morgan fingerprint density at radius 3 is 2.65 bits per heavy atom. The number of carbonyl (C=O) groups excluding carboxylic acids is 1. The number of nitrogens with zero attached hydrogens (tertiary/aromatic N) is 2. The summed E-state index contributed by atoms with van der Waals surface area (Å²) >= 11 is 0. The molecule has 3 unspecified atom stereocenters. The van der Waals surface area contributed by atoms with Gasteiger partial charge in [0.1, 0.15) is 0 Å². The maximum absolute atomic E-state index is 12.6. The van der Waals surface area contributed by atoms with Crippen molar-refractivity contribution in [2.45, 2.75) is 44.9 Å². The predicted octanol–water partition coefficient (Wildman–Crippen LogP) is 1.38. The normalized spacial score (nSPS) is 21.9. The van der Waals surface area contributed by atoms with Crippen molar-refractivity contribution in [1.82, 2.24) is 9.80 Å². The molecule has 0 aliphatic carbocycles. The molecule has 0 bridgehead atoms. The molecule has 1 saturated heterocycles. The number of benzene rings is 1. The Hall–Kier alpha value is -1.43. The van der Waals surface area contributed by atoms with Gasteiger partial charge < -0.3 is 15.7 Å². The maximum atomic E-state index is 12.6. The predicted molar refractivity (Wildman–Crippen MR) is 91.9 cm³/mol. The Labute approximate surface area is 139 Å². The Morgan fingerprint density at radius 2 is 2.04 bits per heavy atom. The molecule has 1 fully saturated rings. The number of amides is 1. The van der Waals surface area contributed by atoms with Gasteiger partial charge in [-0.1, -0.05) is 37.3 Å². The van der Waals surface area contributed by atoms with Crippen LogP contribution in [0.3, 0.4) is 0 Å². The van der Waals surface area contributed by atoms with E-state index in [1.807, 2.05) is 42.2 Å². The minimum absolute atomic E-state index is 0.122. The molecule has 3 atom stereocenters. The minimum Gasteiger partial charge on any atom is -0.392 e. The average Bonchev–Trinajstić information content (AvgIpc) is 2.55. The van der Waals surface area contributed by atoms with Gasteiger partial charge in [0, 0.05) is 44.7 Å². The van der Waals surface area contributed by atoms with Crippen molar-refractivity contribution in [2.75, 3.05) is 26.2 Å². The zero-order valence-electron chi connectivity index (χ0n) is 14.2. The summed E-state index contributed by atoms with van der Waals surface area (Å²) in [6.45, 7) is 6.86. The first-order valence-corrected chi connectivity index (χ1v) is 8.51. The number of hydrogen-bond donors (Lipinski definition) is 2. The standard InChI is InChI=1S/C18H29N3O2/c1-3-16-13-21(10-9-20(16)12-14(2)22)18(23)11-17(19)15-7-5-4-6-8-15/h4-8,14,16-17,22H,3,9-13,19H2,1-2H3. The number of rotatable bonds is 6. The van der Waals surface area contributed by atoms with E-state index in [9.17, 15) is 9.90 Å². The van der Waals surface area contributed by atoms with E-state index in [4.69, 9.17) is 5.73 Å². The zero-order chi connectivity index (χ0) is 16.8. The van der Waals surface area contributed by atoms with Gasteiger partial charge in [-0.25, -0.2) is 0 Å². The number of carbonyl (C=O) groups is 1. The van der Waals surface area contributed by atoms with Gasteiger partial charge in [-0.2, -0.15) is 0 Å². The Bertz CT molecular complexity index is 492. The SMILES string of the molecule is CCC1CN(C(=O)CC(N)c2ccccc2)CCN1CC(C)O. The first kappa shape index (κ1) is 17.9. The lowest BCUT2D eigenvalue weighted by molar-refractivity contribution is -0.135. The van der Waals surface area contributed by atoms with E-state index in [0.29, 0.717) is 25.6 Å². The molecule has 2 rings (SSSR count). The molecule has 3 N–H and O–H groups in total. The van der Waals surface area contributed by atoms with E-state index in [0.717, 1.165) is 25.1 Å². The molecule has 0 saturated carbocycles. The van der Waals surface area contributed by atoms with E-state index < -0.39 is 0 Å². The van der Waals surface area contributed by atoms with Crippen molar-refractivity contribution in [2.24, 2.45) is 5.73 Å². The molecule has 1 amide bonds. The molecular formula is C18H29N3O2. The number of aliphatic hydroxyl groups excluding tert-OH is 1. The fraction of sp³-hybridized carbons (Fsp3) is 0.611. The highest BCUT2D eigenvalue weighted by Crippen LogP contribution is 2.18. The molecule has 0 aromatic heterocycles. The van der Waals surface area contributed by atoms with Crippen molar-refractivity contribution in [3.05, 3.63) is 35.9 Å². The minimum atomic E-state index is -0.335. The average molecular weight is 319 g/mol. The van der Waals surface area contributed by atoms with Gasteiger partial charge in [0.25, 0.3) is 0 Å². The summed E-state index contributed by atoms with van der Waals surface area (Å²) in [5, 5.41) is 9.60. The van der Waals surface area contributed by atoms with Crippen molar-refractivity contribution in [1.29, 1.82) is 0 Å².